The number of fused-ring (bicyclic) bond motifs is 1. The highest BCUT2D eigenvalue weighted by Crippen LogP contribution is 2.38. The maximum Gasteiger partial charge on any atom is 0.308 e. The maximum absolute atomic E-state index is 13.2. The third kappa shape index (κ3) is 5.27. The zero-order valence-electron chi connectivity index (χ0n) is 17.6. The number of anilines is 2. The third-order valence-electron chi connectivity index (χ3n) is 5.57. The van der Waals surface area contributed by atoms with E-state index in [0.29, 0.717) is 15.8 Å². The number of ether oxygens (including phenoxy) is 1. The van der Waals surface area contributed by atoms with Crippen molar-refractivity contribution in [2.24, 2.45) is 0 Å². The van der Waals surface area contributed by atoms with Crippen LogP contribution in [0.4, 0.5) is 10.8 Å². The first-order chi connectivity index (χ1) is 15.4. The number of esters is 1. The van der Waals surface area contributed by atoms with E-state index in [4.69, 9.17) is 16.3 Å². The molecule has 7 nitrogen and oxygen atoms in total. The number of aromatic nitrogens is 1. The molecule has 0 bridgehead atoms. The van der Waals surface area contributed by atoms with Gasteiger partial charge in [0.15, 0.2) is 11.2 Å². The zero-order chi connectivity index (χ0) is 22.7. The summed E-state index contributed by atoms with van der Waals surface area (Å²) in [7, 11) is 0. The van der Waals surface area contributed by atoms with Crippen molar-refractivity contribution in [1.82, 2.24) is 4.98 Å². The van der Waals surface area contributed by atoms with E-state index in [2.05, 4.69) is 10.3 Å². The molecule has 2 heterocycles. The van der Waals surface area contributed by atoms with E-state index < -0.39 is 17.3 Å². The number of rotatable bonds is 6. The van der Waals surface area contributed by atoms with Crippen molar-refractivity contribution >= 4 is 63.3 Å². The second-order valence-corrected chi connectivity index (χ2v) is 10.4. The van der Waals surface area contributed by atoms with Crippen LogP contribution in [0.3, 0.4) is 0 Å². The van der Waals surface area contributed by atoms with Crippen molar-refractivity contribution in [2.45, 2.75) is 67.7 Å². The average molecular weight is 494 g/mol. The summed E-state index contributed by atoms with van der Waals surface area (Å²) in [6, 6.07) is 5.28. The molecule has 2 aromatic rings. The summed E-state index contributed by atoms with van der Waals surface area (Å²) in [5.74, 6) is -1.15. The average Bonchev–Trinajstić information content (AvgIpc) is 3.29. The standard InChI is InChI=1S/C22H24ClN3O4S2/c1-13(21(29)26(22-24-9-10-31-22)15-5-3-2-4-6-15)30-19(27)12-18-20(28)25-16-11-14(23)7-8-17(16)32-18/h7-11,13,15,18H,2-6,12H2,1H3,(H,25,28)/t13-,18-/m0/s1. The van der Waals surface area contributed by atoms with Crippen molar-refractivity contribution in [2.75, 3.05) is 10.2 Å². The van der Waals surface area contributed by atoms with Crippen LogP contribution < -0.4 is 10.2 Å². The van der Waals surface area contributed by atoms with E-state index in [-0.39, 0.29) is 24.3 Å². The van der Waals surface area contributed by atoms with Crippen molar-refractivity contribution in [3.63, 3.8) is 0 Å². The van der Waals surface area contributed by atoms with E-state index in [1.807, 2.05) is 11.4 Å². The highest BCUT2D eigenvalue weighted by Gasteiger charge is 2.35. The minimum absolute atomic E-state index is 0.0616. The van der Waals surface area contributed by atoms with Crippen molar-refractivity contribution in [1.29, 1.82) is 0 Å². The van der Waals surface area contributed by atoms with Crippen LogP contribution in [-0.4, -0.2) is 40.2 Å². The number of halogens is 1. The second-order valence-electron chi connectivity index (χ2n) is 7.89. The summed E-state index contributed by atoms with van der Waals surface area (Å²) in [4.78, 5) is 45.1. The lowest BCUT2D eigenvalue weighted by Gasteiger charge is -2.34. The Morgan fingerprint density at radius 1 is 1.31 bits per heavy atom. The summed E-state index contributed by atoms with van der Waals surface area (Å²) in [5.41, 5.74) is 0.632. The van der Waals surface area contributed by atoms with Crippen LogP contribution in [0, 0.1) is 0 Å². The Balaban J connectivity index is 1.39. The van der Waals surface area contributed by atoms with Gasteiger partial charge in [-0.2, -0.15) is 0 Å². The molecule has 0 radical (unpaired) electrons. The SMILES string of the molecule is C[C@H](OC(=O)C[C@@H]1Sc2ccc(Cl)cc2NC1=O)C(=O)N(c1nccs1)C1CCCCC1. The first-order valence-corrected chi connectivity index (χ1v) is 12.7. The number of hydrogen-bond acceptors (Lipinski definition) is 7. The highest BCUT2D eigenvalue weighted by molar-refractivity contribution is 8.01. The lowest BCUT2D eigenvalue weighted by molar-refractivity contribution is -0.154. The Morgan fingerprint density at radius 2 is 2.09 bits per heavy atom. The van der Waals surface area contributed by atoms with Gasteiger partial charge in [0.2, 0.25) is 5.91 Å². The van der Waals surface area contributed by atoms with Gasteiger partial charge < -0.3 is 10.1 Å². The molecule has 170 valence electrons. The Labute approximate surface area is 199 Å². The van der Waals surface area contributed by atoms with E-state index in [1.54, 1.807) is 30.2 Å². The summed E-state index contributed by atoms with van der Waals surface area (Å²) in [6.07, 6.45) is 5.69. The van der Waals surface area contributed by atoms with Gasteiger partial charge in [-0.3, -0.25) is 19.3 Å². The van der Waals surface area contributed by atoms with E-state index in [1.165, 1.54) is 23.1 Å². The number of thioether (sulfide) groups is 1. The van der Waals surface area contributed by atoms with Gasteiger partial charge in [0.05, 0.1) is 17.4 Å². The fourth-order valence-electron chi connectivity index (χ4n) is 4.00. The van der Waals surface area contributed by atoms with Gasteiger partial charge in [-0.1, -0.05) is 30.9 Å². The maximum atomic E-state index is 13.2. The molecule has 1 fully saturated rings. The van der Waals surface area contributed by atoms with Gasteiger partial charge in [-0.25, -0.2) is 4.98 Å². The number of amides is 2. The Morgan fingerprint density at radius 3 is 2.81 bits per heavy atom. The Bertz CT molecular complexity index is 995. The van der Waals surface area contributed by atoms with Crippen molar-refractivity contribution in [3.05, 3.63) is 34.8 Å². The molecule has 2 amide bonds. The summed E-state index contributed by atoms with van der Waals surface area (Å²) in [6.45, 7) is 1.58. The number of benzene rings is 1. The van der Waals surface area contributed by atoms with Crippen LogP contribution in [0.25, 0.3) is 0 Å². The molecule has 1 aliphatic heterocycles. The molecule has 0 saturated heterocycles. The second kappa shape index (κ2) is 10.2. The smallest absolute Gasteiger partial charge is 0.308 e. The largest absolute Gasteiger partial charge is 0.452 e. The summed E-state index contributed by atoms with van der Waals surface area (Å²) >= 11 is 8.67. The van der Waals surface area contributed by atoms with E-state index >= 15 is 0 Å². The highest BCUT2D eigenvalue weighted by atomic mass is 35.5. The molecule has 0 spiro atoms. The molecular formula is C22H24ClN3O4S2. The van der Waals surface area contributed by atoms with Crippen LogP contribution >= 0.6 is 34.7 Å². The molecule has 1 aromatic heterocycles. The van der Waals surface area contributed by atoms with Gasteiger partial charge in [0.25, 0.3) is 5.91 Å². The number of carbonyl (C=O) groups is 3. The molecule has 4 rings (SSSR count). The molecule has 10 heteroatoms. The first-order valence-electron chi connectivity index (χ1n) is 10.6. The molecule has 2 aliphatic rings. The lowest BCUT2D eigenvalue weighted by Crippen LogP contribution is -2.47. The monoisotopic (exact) mass is 493 g/mol. The summed E-state index contributed by atoms with van der Waals surface area (Å²) in [5, 5.41) is 5.13. The van der Waals surface area contributed by atoms with E-state index in [9.17, 15) is 14.4 Å². The molecule has 1 N–H and O–H groups in total. The Hall–Kier alpha value is -2.10. The van der Waals surface area contributed by atoms with Gasteiger partial charge >= 0.3 is 5.97 Å². The van der Waals surface area contributed by atoms with Crippen LogP contribution in [0.15, 0.2) is 34.7 Å². The Kier molecular flexibility index (Phi) is 7.37. The van der Waals surface area contributed by atoms with Crippen LogP contribution in [0.2, 0.25) is 5.02 Å². The predicted octanol–water partition coefficient (Wildman–Crippen LogP) is 4.90. The van der Waals surface area contributed by atoms with Gasteiger partial charge in [-0.15, -0.1) is 23.1 Å². The fraction of sp³-hybridized carbons (Fsp3) is 0.455. The quantitative estimate of drug-likeness (QED) is 0.576. The summed E-state index contributed by atoms with van der Waals surface area (Å²) < 4.78 is 5.47. The van der Waals surface area contributed by atoms with E-state index in [0.717, 1.165) is 37.0 Å². The lowest BCUT2D eigenvalue weighted by atomic mass is 9.94. The van der Waals surface area contributed by atoms with Crippen molar-refractivity contribution in [3.8, 4) is 0 Å². The normalized spacial score (nSPS) is 19.6. The molecule has 2 atom stereocenters. The van der Waals surface area contributed by atoms with Crippen LogP contribution in [-0.2, 0) is 19.1 Å². The number of nitrogens with one attached hydrogen (secondary N) is 1. The van der Waals surface area contributed by atoms with Gasteiger partial charge in [0.1, 0.15) is 0 Å². The van der Waals surface area contributed by atoms with Gasteiger partial charge in [0, 0.05) is 27.5 Å². The number of carbonyl (C=O) groups excluding carboxylic acids is 3. The third-order valence-corrected chi connectivity index (χ3v) is 7.85. The molecule has 32 heavy (non-hydrogen) atoms. The van der Waals surface area contributed by atoms with Crippen molar-refractivity contribution < 1.29 is 19.1 Å². The molecule has 1 aromatic carbocycles. The molecule has 1 aliphatic carbocycles. The molecule has 0 unspecified atom stereocenters. The number of hydrogen-bond donors (Lipinski definition) is 1. The number of nitrogens with zero attached hydrogens (tertiary/aromatic N) is 2. The zero-order valence-corrected chi connectivity index (χ0v) is 20.0. The number of thiazole rings is 1. The minimum Gasteiger partial charge on any atom is -0.452 e. The topological polar surface area (TPSA) is 88.6 Å². The first kappa shape index (κ1) is 23.1. The fourth-order valence-corrected chi connectivity index (χ4v) is 5.97. The molecule has 1 saturated carbocycles. The molecular weight excluding hydrogens is 470 g/mol. The van der Waals surface area contributed by atoms with Crippen LogP contribution in [0.5, 0.6) is 0 Å². The minimum atomic E-state index is -0.962. The van der Waals surface area contributed by atoms with Crippen LogP contribution in [0.1, 0.15) is 45.4 Å². The van der Waals surface area contributed by atoms with Gasteiger partial charge in [-0.05, 0) is 38.0 Å². The predicted molar refractivity (Wildman–Crippen MR) is 126 cm³/mol.